The smallest absolute Gasteiger partial charge is 0.265 e. The van der Waals surface area contributed by atoms with Crippen molar-refractivity contribution in [2.45, 2.75) is 110 Å². The minimum atomic E-state index is -2.90. The SMILES string of the molecule is Cc1ncsc1-c1ccc(CNC(=O)[C@@H]2C[C@@H](O)CN2C(=O)[C@@H](NC(=O)COCCCCCOCCCOc2ccc(N3C(=S)N(c4ccc(C#N)c(C(F)F)c4)C(=O)C3(C)C)cc2)C(C)(C)C)cc1. The zero-order valence-corrected chi connectivity index (χ0v) is 42.0. The van der Waals surface area contributed by atoms with Gasteiger partial charge in [-0.25, -0.2) is 13.8 Å². The lowest BCUT2D eigenvalue weighted by atomic mass is 9.85. The van der Waals surface area contributed by atoms with E-state index in [1.807, 2.05) is 52.0 Å². The first kappa shape index (κ1) is 53.4. The van der Waals surface area contributed by atoms with E-state index in [2.05, 4.69) is 15.6 Å². The summed E-state index contributed by atoms with van der Waals surface area (Å²) in [6.45, 7) is 12.6. The van der Waals surface area contributed by atoms with Gasteiger partial charge >= 0.3 is 0 Å². The van der Waals surface area contributed by atoms with Crippen LogP contribution in [0.4, 0.5) is 20.2 Å². The zero-order valence-electron chi connectivity index (χ0n) is 40.3. The predicted octanol–water partition coefficient (Wildman–Crippen LogP) is 7.63. The van der Waals surface area contributed by atoms with Crippen LogP contribution in [0.15, 0.2) is 72.2 Å². The minimum absolute atomic E-state index is 0.0193. The molecular formula is C51H61F2N7O8S2. The van der Waals surface area contributed by atoms with Crippen LogP contribution in [0.3, 0.4) is 0 Å². The molecule has 3 atom stereocenters. The number of carbonyl (C=O) groups is 4. The van der Waals surface area contributed by atoms with Crippen molar-refractivity contribution in [3.8, 4) is 22.3 Å². The number of rotatable bonds is 22. The summed E-state index contributed by atoms with van der Waals surface area (Å²) < 4.78 is 44.7. The van der Waals surface area contributed by atoms with Gasteiger partial charge in [0.05, 0.1) is 46.1 Å². The monoisotopic (exact) mass is 1000 g/mol. The van der Waals surface area contributed by atoms with E-state index in [0.717, 1.165) is 40.6 Å². The number of anilines is 2. The maximum absolute atomic E-state index is 13.9. The molecule has 3 N–H and O–H groups in total. The number of nitriles is 1. The number of hydrogen-bond acceptors (Lipinski definition) is 12. The predicted molar refractivity (Wildman–Crippen MR) is 266 cm³/mol. The number of β-amino-alcohol motifs (C(OH)–C–C–N with tert-alkyl or cyclic N) is 1. The molecule has 0 radical (unpaired) electrons. The largest absolute Gasteiger partial charge is 0.494 e. The second-order valence-corrected chi connectivity index (χ2v) is 20.1. The summed E-state index contributed by atoms with van der Waals surface area (Å²) in [5, 5.41) is 25.7. The van der Waals surface area contributed by atoms with Gasteiger partial charge in [-0.15, -0.1) is 11.3 Å². The number of thiocarbonyl (C=S) groups is 1. The lowest BCUT2D eigenvalue weighted by Crippen LogP contribution is -2.58. The number of aliphatic hydroxyl groups excluding tert-OH is 1. The van der Waals surface area contributed by atoms with Gasteiger partial charge in [0.15, 0.2) is 5.11 Å². The first-order chi connectivity index (χ1) is 33.3. The molecule has 1 aromatic heterocycles. The number of halogens is 2. The highest BCUT2D eigenvalue weighted by molar-refractivity contribution is 7.81. The number of alkyl halides is 2. The summed E-state index contributed by atoms with van der Waals surface area (Å²) in [7, 11) is 0. The third-order valence-corrected chi connectivity index (χ3v) is 13.5. The first-order valence-corrected chi connectivity index (χ1v) is 24.5. The van der Waals surface area contributed by atoms with Crippen LogP contribution in [0.2, 0.25) is 0 Å². The first-order valence-electron chi connectivity index (χ1n) is 23.3. The second-order valence-electron chi connectivity index (χ2n) is 18.9. The van der Waals surface area contributed by atoms with Gasteiger partial charge in [-0.3, -0.25) is 24.1 Å². The Balaban J connectivity index is 0.847. The summed E-state index contributed by atoms with van der Waals surface area (Å²) in [5.74, 6) is -1.06. The van der Waals surface area contributed by atoms with Gasteiger partial charge in [-0.2, -0.15) is 5.26 Å². The van der Waals surface area contributed by atoms with Gasteiger partial charge in [-0.05, 0) is 111 Å². The normalized spacial score (nSPS) is 17.2. The van der Waals surface area contributed by atoms with Crippen molar-refractivity contribution >= 4 is 63.7 Å². The molecule has 2 aliphatic rings. The van der Waals surface area contributed by atoms with E-state index in [0.29, 0.717) is 50.7 Å². The summed E-state index contributed by atoms with van der Waals surface area (Å²) in [6, 6.07) is 18.7. The Morgan fingerprint density at radius 3 is 2.29 bits per heavy atom. The number of hydrogen-bond donors (Lipinski definition) is 3. The van der Waals surface area contributed by atoms with Gasteiger partial charge in [0.1, 0.15) is 30.0 Å². The van der Waals surface area contributed by atoms with Crippen LogP contribution in [-0.2, 0) is 35.2 Å². The molecule has 2 fully saturated rings. The van der Waals surface area contributed by atoms with E-state index in [4.69, 9.17) is 26.4 Å². The summed E-state index contributed by atoms with van der Waals surface area (Å²) in [4.78, 5) is 63.6. The molecule has 0 aliphatic carbocycles. The molecular weight excluding hydrogens is 941 g/mol. The van der Waals surface area contributed by atoms with Gasteiger partial charge < -0.3 is 39.8 Å². The fourth-order valence-corrected chi connectivity index (χ4v) is 9.64. The number of aryl methyl sites for hydroxylation is 1. The van der Waals surface area contributed by atoms with Crippen LogP contribution in [0.5, 0.6) is 5.75 Å². The molecule has 2 saturated heterocycles. The van der Waals surface area contributed by atoms with Gasteiger partial charge in [0.2, 0.25) is 17.7 Å². The Morgan fingerprint density at radius 1 is 0.971 bits per heavy atom. The number of carbonyl (C=O) groups excluding carboxylic acids is 4. The van der Waals surface area contributed by atoms with E-state index < -0.39 is 58.9 Å². The molecule has 3 aromatic carbocycles. The Morgan fingerprint density at radius 2 is 1.64 bits per heavy atom. The van der Waals surface area contributed by atoms with Crippen LogP contribution in [0.25, 0.3) is 10.4 Å². The van der Waals surface area contributed by atoms with Crippen LogP contribution >= 0.6 is 23.6 Å². The number of unbranched alkanes of at least 4 members (excludes halogenated alkanes) is 2. The maximum Gasteiger partial charge on any atom is 0.265 e. The Labute approximate surface area is 417 Å². The summed E-state index contributed by atoms with van der Waals surface area (Å²) in [5.41, 5.74) is 3.02. The average molecular weight is 1000 g/mol. The van der Waals surface area contributed by atoms with E-state index >= 15 is 0 Å². The van der Waals surface area contributed by atoms with E-state index in [1.54, 1.807) is 65.9 Å². The molecule has 0 spiro atoms. The number of likely N-dealkylation sites (tertiary alicyclic amines) is 1. The summed E-state index contributed by atoms with van der Waals surface area (Å²) >= 11 is 7.25. The van der Waals surface area contributed by atoms with Crippen LogP contribution < -0.4 is 25.2 Å². The molecule has 4 aromatic rings. The number of ether oxygens (including phenoxy) is 3. The van der Waals surface area contributed by atoms with Crippen molar-refractivity contribution in [3.63, 3.8) is 0 Å². The molecule has 374 valence electrons. The van der Waals surface area contributed by atoms with Gasteiger partial charge in [0, 0.05) is 57.0 Å². The third-order valence-electron chi connectivity index (χ3n) is 12.1. The van der Waals surface area contributed by atoms with Gasteiger partial charge in [0.25, 0.3) is 12.3 Å². The van der Waals surface area contributed by atoms with Crippen LogP contribution in [0, 0.1) is 23.7 Å². The number of nitrogens with zero attached hydrogens (tertiary/aromatic N) is 5. The molecule has 0 saturated carbocycles. The molecule has 70 heavy (non-hydrogen) atoms. The fourth-order valence-electron chi connectivity index (χ4n) is 8.31. The number of aliphatic hydroxyl groups is 1. The number of nitrogens with one attached hydrogen (secondary N) is 2. The quantitative estimate of drug-likeness (QED) is 0.0517. The zero-order chi connectivity index (χ0) is 50.8. The Hall–Kier alpha value is -5.91. The average Bonchev–Trinajstić information content (AvgIpc) is 3.99. The lowest BCUT2D eigenvalue weighted by Gasteiger charge is -2.35. The van der Waals surface area contributed by atoms with Crippen molar-refractivity contribution in [2.75, 3.05) is 49.4 Å². The molecule has 4 amide bonds. The van der Waals surface area contributed by atoms with Crippen molar-refractivity contribution < 1.29 is 47.3 Å². The highest BCUT2D eigenvalue weighted by Crippen LogP contribution is 2.38. The second kappa shape index (κ2) is 23.8. The standard InChI is InChI=1S/C51H61F2N7O8S2/c1-32-43(70-31-56-32)34-13-11-33(12-14-34)28-55-46(63)41-26-38(61)29-58(41)47(64)44(50(2,3)4)57-42(62)30-67-22-9-7-8-21-66-23-10-24-68-39-19-17-36(18-20-39)60-49(69)59(48(65)51(60,5)6)37-16-15-35(27-54)40(25-37)45(52)53/h11-20,25,31,38,41,44-45,61H,7-10,21-24,26,28-30H2,1-6H3,(H,55,63)(H,57,62)/t38-,41+,44-/m1/s1. The molecule has 19 heteroatoms. The lowest BCUT2D eigenvalue weighted by molar-refractivity contribution is -0.144. The molecule has 15 nitrogen and oxygen atoms in total. The fraction of sp³-hybridized carbons (Fsp3) is 0.471. The number of thiazole rings is 1. The van der Waals surface area contributed by atoms with Crippen molar-refractivity contribution in [1.29, 1.82) is 5.26 Å². The van der Waals surface area contributed by atoms with Crippen LogP contribution in [0.1, 0.15) is 95.5 Å². The van der Waals surface area contributed by atoms with Crippen molar-refractivity contribution in [1.82, 2.24) is 20.5 Å². The van der Waals surface area contributed by atoms with Crippen LogP contribution in [-0.4, -0.2) is 107 Å². The number of amides is 4. The number of aromatic nitrogens is 1. The van der Waals surface area contributed by atoms with Gasteiger partial charge in [-0.1, -0.05) is 45.0 Å². The molecule has 6 rings (SSSR count). The highest BCUT2D eigenvalue weighted by Gasteiger charge is 2.50. The summed E-state index contributed by atoms with van der Waals surface area (Å²) in [6.07, 6.45) is -0.720. The molecule has 0 bridgehead atoms. The maximum atomic E-state index is 13.9. The Bertz CT molecular complexity index is 2530. The Kier molecular flexibility index (Phi) is 18.2. The van der Waals surface area contributed by atoms with E-state index in [1.165, 1.54) is 21.9 Å². The minimum Gasteiger partial charge on any atom is -0.494 e. The molecule has 2 aliphatic heterocycles. The molecule has 3 heterocycles. The number of benzene rings is 3. The van der Waals surface area contributed by atoms with Crippen molar-refractivity contribution in [3.05, 3.63) is 94.6 Å². The topological polar surface area (TPSA) is 187 Å². The molecule has 0 unspecified atom stereocenters. The third kappa shape index (κ3) is 13.1. The van der Waals surface area contributed by atoms with E-state index in [-0.39, 0.29) is 48.4 Å². The van der Waals surface area contributed by atoms with E-state index in [9.17, 15) is 38.3 Å². The highest BCUT2D eigenvalue weighted by atomic mass is 32.1. The van der Waals surface area contributed by atoms with Crippen molar-refractivity contribution in [2.24, 2.45) is 5.41 Å².